The van der Waals surface area contributed by atoms with Gasteiger partial charge >= 0.3 is 0 Å². The molecule has 0 aliphatic carbocycles. The van der Waals surface area contributed by atoms with E-state index in [0.29, 0.717) is 36.1 Å². The smallest absolute Gasteiger partial charge is 0.243 e. The number of sulfonamides is 1. The Morgan fingerprint density at radius 1 is 1.22 bits per heavy atom. The van der Waals surface area contributed by atoms with Gasteiger partial charge < -0.3 is 14.6 Å². The van der Waals surface area contributed by atoms with E-state index in [1.54, 1.807) is 19.2 Å². The molecule has 1 aromatic heterocycles. The molecule has 1 N–H and O–H groups in total. The first kappa shape index (κ1) is 22.0. The summed E-state index contributed by atoms with van der Waals surface area (Å²) in [5.41, 5.74) is 1.31. The number of piperidine rings is 1. The Bertz CT molecular complexity index is 1210. The van der Waals surface area contributed by atoms with Crippen LogP contribution in [0.5, 0.6) is 5.75 Å². The number of aromatic nitrogens is 2. The number of ether oxygens (including phenoxy) is 1. The summed E-state index contributed by atoms with van der Waals surface area (Å²) in [4.78, 5) is 15.9. The Kier molecular flexibility index (Phi) is 6.24. The molecule has 1 atom stereocenters. The van der Waals surface area contributed by atoms with Gasteiger partial charge in [0.05, 0.1) is 17.9 Å². The Labute approximate surface area is 186 Å². The van der Waals surface area contributed by atoms with Crippen molar-refractivity contribution >= 4 is 21.6 Å². The van der Waals surface area contributed by atoms with Gasteiger partial charge in [0, 0.05) is 31.3 Å². The Morgan fingerprint density at radius 3 is 2.72 bits per heavy atom. The van der Waals surface area contributed by atoms with E-state index in [4.69, 9.17) is 9.26 Å². The molecule has 3 aromatic rings. The lowest BCUT2D eigenvalue weighted by Gasteiger charge is -2.30. The number of rotatable bonds is 6. The standard InChI is InChI=1S/C22H24N4O5S/c1-15(27)23-18-8-10-20(11-9-18)32(28,29)26-12-4-6-17(14-26)22-24-21(25-31-22)16-5-3-7-19(13-16)30-2/h3,5,7-11,13,17H,4,6,12,14H2,1-2H3,(H,23,27)/t17-/m0/s1. The number of nitrogens with one attached hydrogen (secondary N) is 1. The molecule has 168 valence electrons. The molecular formula is C22H24N4O5S. The maximum Gasteiger partial charge on any atom is 0.243 e. The van der Waals surface area contributed by atoms with E-state index in [0.717, 1.165) is 12.0 Å². The summed E-state index contributed by atoms with van der Waals surface area (Å²) in [6.45, 7) is 2.08. The lowest BCUT2D eigenvalue weighted by Crippen LogP contribution is -2.39. The number of methoxy groups -OCH3 is 1. The molecule has 10 heteroatoms. The first-order valence-corrected chi connectivity index (χ1v) is 11.7. The predicted molar refractivity (Wildman–Crippen MR) is 118 cm³/mol. The minimum atomic E-state index is -3.69. The van der Waals surface area contributed by atoms with E-state index in [1.807, 2.05) is 24.3 Å². The van der Waals surface area contributed by atoms with Crippen molar-refractivity contribution in [3.8, 4) is 17.1 Å². The molecule has 9 nitrogen and oxygen atoms in total. The fourth-order valence-electron chi connectivity index (χ4n) is 3.71. The van der Waals surface area contributed by atoms with E-state index >= 15 is 0 Å². The molecular weight excluding hydrogens is 432 g/mol. The minimum Gasteiger partial charge on any atom is -0.497 e. The van der Waals surface area contributed by atoms with Crippen LogP contribution in [-0.4, -0.2) is 49.0 Å². The van der Waals surface area contributed by atoms with Gasteiger partial charge in [-0.05, 0) is 49.2 Å². The molecule has 32 heavy (non-hydrogen) atoms. The van der Waals surface area contributed by atoms with Gasteiger partial charge in [-0.3, -0.25) is 4.79 Å². The molecule has 0 radical (unpaired) electrons. The van der Waals surface area contributed by atoms with Crippen molar-refractivity contribution in [2.45, 2.75) is 30.6 Å². The number of carbonyl (C=O) groups excluding carboxylic acids is 1. The van der Waals surface area contributed by atoms with Crippen LogP contribution in [0.25, 0.3) is 11.4 Å². The third-order valence-corrected chi connectivity index (χ3v) is 7.19. The third kappa shape index (κ3) is 4.66. The zero-order chi connectivity index (χ0) is 22.7. The van der Waals surface area contributed by atoms with Gasteiger partial charge in [0.2, 0.25) is 27.6 Å². The highest BCUT2D eigenvalue weighted by molar-refractivity contribution is 7.89. The topological polar surface area (TPSA) is 115 Å². The van der Waals surface area contributed by atoms with Crippen molar-refractivity contribution in [2.75, 3.05) is 25.5 Å². The maximum atomic E-state index is 13.2. The Morgan fingerprint density at radius 2 is 2.00 bits per heavy atom. The molecule has 0 spiro atoms. The van der Waals surface area contributed by atoms with Gasteiger partial charge in [0.25, 0.3) is 0 Å². The lowest BCUT2D eigenvalue weighted by molar-refractivity contribution is -0.114. The predicted octanol–water partition coefficient (Wildman–Crippen LogP) is 3.27. The number of benzene rings is 2. The molecule has 1 amide bonds. The molecule has 2 aromatic carbocycles. The lowest BCUT2D eigenvalue weighted by atomic mass is 10.00. The van der Waals surface area contributed by atoms with Crippen LogP contribution in [0.1, 0.15) is 31.6 Å². The van der Waals surface area contributed by atoms with Gasteiger partial charge in [0.15, 0.2) is 0 Å². The number of anilines is 1. The van der Waals surface area contributed by atoms with Crippen molar-refractivity contribution in [1.29, 1.82) is 0 Å². The molecule has 1 fully saturated rings. The second kappa shape index (κ2) is 9.09. The van der Waals surface area contributed by atoms with Crippen LogP contribution in [0, 0.1) is 0 Å². The van der Waals surface area contributed by atoms with E-state index in [9.17, 15) is 13.2 Å². The first-order valence-electron chi connectivity index (χ1n) is 10.2. The van der Waals surface area contributed by atoms with Crippen molar-refractivity contribution in [3.05, 3.63) is 54.4 Å². The second-order valence-electron chi connectivity index (χ2n) is 7.60. The molecule has 1 aliphatic rings. The molecule has 0 unspecified atom stereocenters. The van der Waals surface area contributed by atoms with E-state index in [-0.39, 0.29) is 23.3 Å². The normalized spacial score (nSPS) is 17.1. The highest BCUT2D eigenvalue weighted by atomic mass is 32.2. The summed E-state index contributed by atoms with van der Waals surface area (Å²) in [6.07, 6.45) is 1.44. The molecule has 4 rings (SSSR count). The van der Waals surface area contributed by atoms with Crippen LogP contribution in [0.3, 0.4) is 0 Å². The monoisotopic (exact) mass is 456 g/mol. The summed E-state index contributed by atoms with van der Waals surface area (Å²) < 4.78 is 38.5. The van der Waals surface area contributed by atoms with Gasteiger partial charge in [-0.15, -0.1) is 0 Å². The van der Waals surface area contributed by atoms with E-state index in [1.165, 1.54) is 23.4 Å². The van der Waals surface area contributed by atoms with Crippen molar-refractivity contribution in [1.82, 2.24) is 14.4 Å². The SMILES string of the molecule is COc1cccc(-c2noc([C@H]3CCCN(S(=O)(=O)c4ccc(NC(C)=O)cc4)C3)n2)c1. The zero-order valence-corrected chi connectivity index (χ0v) is 18.6. The average molecular weight is 457 g/mol. The molecule has 1 aliphatic heterocycles. The zero-order valence-electron chi connectivity index (χ0n) is 17.8. The van der Waals surface area contributed by atoms with E-state index in [2.05, 4.69) is 15.5 Å². The van der Waals surface area contributed by atoms with Crippen molar-refractivity contribution < 1.29 is 22.5 Å². The fourth-order valence-corrected chi connectivity index (χ4v) is 5.23. The van der Waals surface area contributed by atoms with Crippen molar-refractivity contribution in [3.63, 3.8) is 0 Å². The molecule has 1 saturated heterocycles. The van der Waals surface area contributed by atoms with Gasteiger partial charge in [0.1, 0.15) is 5.75 Å². The Hall–Kier alpha value is -3.24. The fraction of sp³-hybridized carbons (Fsp3) is 0.318. The largest absolute Gasteiger partial charge is 0.497 e. The molecule has 2 heterocycles. The van der Waals surface area contributed by atoms with E-state index < -0.39 is 10.0 Å². The van der Waals surface area contributed by atoms with Crippen molar-refractivity contribution in [2.24, 2.45) is 0 Å². The van der Waals surface area contributed by atoms with Gasteiger partial charge in [-0.1, -0.05) is 17.3 Å². The van der Waals surface area contributed by atoms with Crippen LogP contribution in [-0.2, 0) is 14.8 Å². The summed E-state index contributed by atoms with van der Waals surface area (Å²) in [6, 6.07) is 13.5. The van der Waals surface area contributed by atoms with Gasteiger partial charge in [-0.25, -0.2) is 8.42 Å². The maximum absolute atomic E-state index is 13.2. The number of nitrogens with zero attached hydrogens (tertiary/aromatic N) is 3. The highest BCUT2D eigenvalue weighted by Gasteiger charge is 2.33. The summed E-state index contributed by atoms with van der Waals surface area (Å²) in [5.74, 6) is 1.14. The van der Waals surface area contributed by atoms with Crippen LogP contribution >= 0.6 is 0 Å². The quantitative estimate of drug-likeness (QED) is 0.605. The summed E-state index contributed by atoms with van der Waals surface area (Å²) in [5, 5.41) is 6.70. The number of amides is 1. The number of carbonyl (C=O) groups is 1. The molecule has 0 bridgehead atoms. The summed E-state index contributed by atoms with van der Waals surface area (Å²) in [7, 11) is -2.10. The minimum absolute atomic E-state index is 0.176. The van der Waals surface area contributed by atoms with Crippen LogP contribution in [0.15, 0.2) is 57.9 Å². The van der Waals surface area contributed by atoms with Crippen LogP contribution < -0.4 is 10.1 Å². The molecule has 0 saturated carbocycles. The van der Waals surface area contributed by atoms with Crippen LogP contribution in [0.2, 0.25) is 0 Å². The van der Waals surface area contributed by atoms with Crippen LogP contribution in [0.4, 0.5) is 5.69 Å². The summed E-state index contributed by atoms with van der Waals surface area (Å²) >= 11 is 0. The Balaban J connectivity index is 1.51. The second-order valence-corrected chi connectivity index (χ2v) is 9.53. The first-order chi connectivity index (χ1) is 15.4. The number of hydrogen-bond acceptors (Lipinski definition) is 7. The number of hydrogen-bond donors (Lipinski definition) is 1. The van der Waals surface area contributed by atoms with Gasteiger partial charge in [-0.2, -0.15) is 9.29 Å². The third-order valence-electron chi connectivity index (χ3n) is 5.32. The highest BCUT2D eigenvalue weighted by Crippen LogP contribution is 2.31. The average Bonchev–Trinajstić information content (AvgIpc) is 3.30.